The second-order valence-corrected chi connectivity index (χ2v) is 5.21. The lowest BCUT2D eigenvalue weighted by molar-refractivity contribution is 0.619. The smallest absolute Gasteiger partial charge is 0.147 e. The minimum absolute atomic E-state index is 0.317. The molecule has 2 aromatic carbocycles. The lowest BCUT2D eigenvalue weighted by Gasteiger charge is -2.19. The number of aryl methyl sites for hydroxylation is 1. The molecular formula is C17H15FN4. The van der Waals surface area contributed by atoms with Crippen molar-refractivity contribution < 1.29 is 4.39 Å². The standard InChI is InChI=1S/C17H15FN4/c1-21(15-8-7-12(10-19)9-13(15)18)11-17-20-14-5-3-4-6-16(14)22(17)2/h3-9H,11H2,1-2H3. The molecule has 22 heavy (non-hydrogen) atoms. The topological polar surface area (TPSA) is 44.9 Å². The van der Waals surface area contributed by atoms with E-state index < -0.39 is 5.82 Å². The first-order valence-corrected chi connectivity index (χ1v) is 6.91. The van der Waals surface area contributed by atoms with Gasteiger partial charge in [0.2, 0.25) is 0 Å². The Labute approximate surface area is 128 Å². The molecule has 3 rings (SSSR count). The monoisotopic (exact) mass is 294 g/mol. The van der Waals surface area contributed by atoms with E-state index >= 15 is 0 Å². The Bertz CT molecular complexity index is 876. The van der Waals surface area contributed by atoms with Gasteiger partial charge in [0.25, 0.3) is 0 Å². The van der Waals surface area contributed by atoms with Gasteiger partial charge in [-0.05, 0) is 30.3 Å². The van der Waals surface area contributed by atoms with Gasteiger partial charge in [-0.3, -0.25) is 0 Å². The van der Waals surface area contributed by atoms with Crippen molar-refractivity contribution in [1.29, 1.82) is 5.26 Å². The number of aromatic nitrogens is 2. The van der Waals surface area contributed by atoms with E-state index in [2.05, 4.69) is 4.98 Å². The first kappa shape index (κ1) is 14.1. The lowest BCUT2D eigenvalue weighted by Crippen LogP contribution is -2.20. The summed E-state index contributed by atoms with van der Waals surface area (Å²) in [5.74, 6) is 0.452. The first-order valence-electron chi connectivity index (χ1n) is 6.91. The molecule has 0 aliphatic carbocycles. The zero-order chi connectivity index (χ0) is 15.7. The van der Waals surface area contributed by atoms with Gasteiger partial charge >= 0.3 is 0 Å². The van der Waals surface area contributed by atoms with Gasteiger partial charge in [-0.2, -0.15) is 5.26 Å². The van der Waals surface area contributed by atoms with Gasteiger partial charge in [0.05, 0.1) is 34.9 Å². The molecule has 0 unspecified atom stereocenters. The second kappa shape index (κ2) is 5.49. The van der Waals surface area contributed by atoms with Crippen molar-refractivity contribution in [3.63, 3.8) is 0 Å². The maximum Gasteiger partial charge on any atom is 0.147 e. The van der Waals surface area contributed by atoms with Crippen LogP contribution in [-0.2, 0) is 13.6 Å². The van der Waals surface area contributed by atoms with Gasteiger partial charge < -0.3 is 9.47 Å². The molecule has 0 N–H and O–H groups in total. The van der Waals surface area contributed by atoms with Gasteiger partial charge in [0, 0.05) is 14.1 Å². The summed E-state index contributed by atoms with van der Waals surface area (Å²) in [5, 5.41) is 8.80. The third-order valence-corrected chi connectivity index (χ3v) is 3.75. The molecule has 0 fully saturated rings. The molecule has 0 saturated heterocycles. The Kier molecular flexibility index (Phi) is 3.51. The molecular weight excluding hydrogens is 279 g/mol. The van der Waals surface area contributed by atoms with E-state index in [1.54, 1.807) is 17.0 Å². The Morgan fingerprint density at radius 1 is 1.27 bits per heavy atom. The van der Waals surface area contributed by atoms with Crippen molar-refractivity contribution in [2.24, 2.45) is 7.05 Å². The minimum atomic E-state index is -0.402. The fraction of sp³-hybridized carbons (Fsp3) is 0.176. The highest BCUT2D eigenvalue weighted by Crippen LogP contribution is 2.22. The SMILES string of the molecule is CN(Cc1nc2ccccc2n1C)c1ccc(C#N)cc1F. The Morgan fingerprint density at radius 3 is 2.73 bits per heavy atom. The number of rotatable bonds is 3. The first-order chi connectivity index (χ1) is 10.6. The quantitative estimate of drug-likeness (QED) is 0.745. The maximum absolute atomic E-state index is 14.1. The van der Waals surface area contributed by atoms with Crippen LogP contribution in [0.2, 0.25) is 0 Å². The van der Waals surface area contributed by atoms with Crippen LogP contribution in [0.25, 0.3) is 11.0 Å². The molecule has 0 atom stereocenters. The predicted octanol–water partition coefficient (Wildman–Crippen LogP) is 3.22. The van der Waals surface area contributed by atoms with Gasteiger partial charge in [-0.25, -0.2) is 9.37 Å². The second-order valence-electron chi connectivity index (χ2n) is 5.21. The molecule has 0 saturated carbocycles. The fourth-order valence-electron chi connectivity index (χ4n) is 2.52. The average molecular weight is 294 g/mol. The van der Waals surface area contributed by atoms with Crippen molar-refractivity contribution in [3.05, 3.63) is 59.7 Å². The summed E-state index contributed by atoms with van der Waals surface area (Å²) in [7, 11) is 3.76. The third-order valence-electron chi connectivity index (χ3n) is 3.75. The number of anilines is 1. The molecule has 0 amide bonds. The predicted molar refractivity (Wildman–Crippen MR) is 83.9 cm³/mol. The number of halogens is 1. The number of imidazole rings is 1. The summed E-state index contributed by atoms with van der Waals surface area (Å²) < 4.78 is 16.1. The van der Waals surface area contributed by atoms with E-state index in [0.717, 1.165) is 16.9 Å². The van der Waals surface area contributed by atoms with Crippen molar-refractivity contribution in [1.82, 2.24) is 9.55 Å². The molecule has 0 radical (unpaired) electrons. The van der Waals surface area contributed by atoms with E-state index in [4.69, 9.17) is 5.26 Å². The summed E-state index contributed by atoms with van der Waals surface area (Å²) >= 11 is 0. The molecule has 1 heterocycles. The van der Waals surface area contributed by atoms with E-state index in [9.17, 15) is 4.39 Å². The van der Waals surface area contributed by atoms with Crippen molar-refractivity contribution in [2.45, 2.75) is 6.54 Å². The molecule has 0 aliphatic rings. The van der Waals surface area contributed by atoms with Gasteiger partial charge in [0.1, 0.15) is 11.6 Å². The molecule has 0 spiro atoms. The zero-order valence-corrected chi connectivity index (χ0v) is 12.4. The number of fused-ring (bicyclic) bond motifs is 1. The van der Waals surface area contributed by atoms with Crippen LogP contribution >= 0.6 is 0 Å². The van der Waals surface area contributed by atoms with Crippen molar-refractivity contribution in [3.8, 4) is 6.07 Å². The number of hydrogen-bond acceptors (Lipinski definition) is 3. The van der Waals surface area contributed by atoms with E-state index in [1.165, 1.54) is 6.07 Å². The van der Waals surface area contributed by atoms with Gasteiger partial charge in [0.15, 0.2) is 0 Å². The van der Waals surface area contributed by atoms with Crippen LogP contribution in [0, 0.1) is 17.1 Å². The van der Waals surface area contributed by atoms with Crippen LogP contribution in [0.1, 0.15) is 11.4 Å². The summed E-state index contributed by atoms with van der Waals surface area (Å²) in [6.07, 6.45) is 0. The van der Waals surface area contributed by atoms with Crippen molar-refractivity contribution >= 4 is 16.7 Å². The largest absolute Gasteiger partial charge is 0.365 e. The number of hydrogen-bond donors (Lipinski definition) is 0. The van der Waals surface area contributed by atoms with Crippen LogP contribution in [0.3, 0.4) is 0 Å². The molecule has 110 valence electrons. The van der Waals surface area contributed by atoms with E-state index in [1.807, 2.05) is 49.0 Å². The number of nitrogens with zero attached hydrogens (tertiary/aromatic N) is 4. The zero-order valence-electron chi connectivity index (χ0n) is 12.4. The van der Waals surface area contributed by atoms with E-state index in [0.29, 0.717) is 17.8 Å². The van der Waals surface area contributed by atoms with Gasteiger partial charge in [-0.1, -0.05) is 12.1 Å². The highest BCUT2D eigenvalue weighted by molar-refractivity contribution is 5.75. The number of benzene rings is 2. The van der Waals surface area contributed by atoms with Crippen LogP contribution in [0.5, 0.6) is 0 Å². The molecule has 0 aliphatic heterocycles. The van der Waals surface area contributed by atoms with Crippen LogP contribution < -0.4 is 4.90 Å². The lowest BCUT2D eigenvalue weighted by atomic mass is 10.2. The summed E-state index contributed by atoms with van der Waals surface area (Å²) in [6, 6.07) is 14.3. The molecule has 4 nitrogen and oxygen atoms in total. The van der Waals surface area contributed by atoms with Gasteiger partial charge in [-0.15, -0.1) is 0 Å². The molecule has 1 aromatic heterocycles. The Hall–Kier alpha value is -2.87. The van der Waals surface area contributed by atoms with Crippen molar-refractivity contribution in [2.75, 3.05) is 11.9 Å². The summed E-state index contributed by atoms with van der Waals surface area (Å²) in [4.78, 5) is 6.38. The molecule has 0 bridgehead atoms. The summed E-state index contributed by atoms with van der Waals surface area (Å²) in [6.45, 7) is 0.480. The third kappa shape index (κ3) is 2.40. The van der Waals surface area contributed by atoms with Crippen LogP contribution in [0.4, 0.5) is 10.1 Å². The Morgan fingerprint density at radius 2 is 2.05 bits per heavy atom. The normalized spacial score (nSPS) is 10.6. The Balaban J connectivity index is 1.91. The number of para-hydroxylation sites is 2. The highest BCUT2D eigenvalue weighted by Gasteiger charge is 2.13. The van der Waals surface area contributed by atoms with Crippen LogP contribution in [0.15, 0.2) is 42.5 Å². The average Bonchev–Trinajstić information content (AvgIpc) is 2.83. The molecule has 5 heteroatoms. The highest BCUT2D eigenvalue weighted by atomic mass is 19.1. The molecule has 3 aromatic rings. The maximum atomic E-state index is 14.1. The summed E-state index contributed by atoms with van der Waals surface area (Å²) in [5.41, 5.74) is 2.74. The van der Waals surface area contributed by atoms with Crippen LogP contribution in [-0.4, -0.2) is 16.6 Å². The number of nitriles is 1. The minimum Gasteiger partial charge on any atom is -0.365 e. The fourth-order valence-corrected chi connectivity index (χ4v) is 2.52. The van der Waals surface area contributed by atoms with E-state index in [-0.39, 0.29) is 0 Å².